The van der Waals surface area contributed by atoms with Gasteiger partial charge in [0.05, 0.1) is 35.0 Å². The lowest BCUT2D eigenvalue weighted by molar-refractivity contribution is -0.160. The van der Waals surface area contributed by atoms with E-state index in [1.807, 2.05) is 18.2 Å². The van der Waals surface area contributed by atoms with E-state index in [2.05, 4.69) is 20.7 Å². The van der Waals surface area contributed by atoms with Gasteiger partial charge < -0.3 is 9.64 Å². The van der Waals surface area contributed by atoms with Crippen molar-refractivity contribution in [1.82, 2.24) is 9.62 Å². The van der Waals surface area contributed by atoms with Crippen LogP contribution in [0.4, 0.5) is 13.2 Å². The molecule has 33 heavy (non-hydrogen) atoms. The highest BCUT2D eigenvalue weighted by Gasteiger charge is 2.64. The normalized spacial score (nSPS) is 29.2. The van der Waals surface area contributed by atoms with Gasteiger partial charge in [-0.25, -0.2) is 8.93 Å². The van der Waals surface area contributed by atoms with Crippen LogP contribution in [-0.2, 0) is 15.7 Å². The molecule has 2 atom stereocenters. The number of alkyl halides is 3. The number of aliphatic imine (C=N–C) groups is 1. The SMILES string of the molecule is COC1=CC2C(=C(C#N)C(=C3CC=C(S(=O)NC4(C(F)(F)F)CC4)C=N3)N2C2CCC2)C=C1. The zero-order valence-corrected chi connectivity index (χ0v) is 18.8. The zero-order valence-electron chi connectivity index (χ0n) is 18.0. The third kappa shape index (κ3) is 3.67. The number of allylic oxidation sites excluding steroid dienone is 4. The van der Waals surface area contributed by atoms with Crippen LogP contribution in [0.2, 0.25) is 0 Å². The lowest BCUT2D eigenvalue weighted by Gasteiger charge is -2.42. The summed E-state index contributed by atoms with van der Waals surface area (Å²) in [5.41, 5.74) is 0.776. The summed E-state index contributed by atoms with van der Waals surface area (Å²) in [5.74, 6) is 0.728. The van der Waals surface area contributed by atoms with E-state index < -0.39 is 22.7 Å². The summed E-state index contributed by atoms with van der Waals surface area (Å²) in [5, 5.41) is 9.98. The fourth-order valence-electron chi connectivity index (χ4n) is 4.59. The number of halogens is 3. The quantitative estimate of drug-likeness (QED) is 0.649. The van der Waals surface area contributed by atoms with Crippen LogP contribution in [0.15, 0.2) is 62.5 Å². The summed E-state index contributed by atoms with van der Waals surface area (Å²) in [6.45, 7) is 0. The number of rotatable bonds is 5. The van der Waals surface area contributed by atoms with Crippen molar-refractivity contribution in [3.63, 3.8) is 0 Å². The topological polar surface area (TPSA) is 77.7 Å². The molecule has 0 aromatic rings. The van der Waals surface area contributed by atoms with Crippen LogP contribution >= 0.6 is 0 Å². The molecule has 2 aliphatic heterocycles. The minimum Gasteiger partial charge on any atom is -0.497 e. The maximum atomic E-state index is 13.2. The Morgan fingerprint density at radius 1 is 1.33 bits per heavy atom. The van der Waals surface area contributed by atoms with Gasteiger partial charge in [-0.3, -0.25) is 4.99 Å². The Labute approximate surface area is 192 Å². The number of hydrogen-bond acceptors (Lipinski definition) is 5. The predicted octanol–water partition coefficient (Wildman–Crippen LogP) is 4.06. The molecule has 0 aromatic heterocycles. The first-order chi connectivity index (χ1) is 15.8. The van der Waals surface area contributed by atoms with Gasteiger partial charge in [-0.15, -0.1) is 0 Å². The Morgan fingerprint density at radius 3 is 2.61 bits per heavy atom. The van der Waals surface area contributed by atoms with Gasteiger partial charge in [-0.2, -0.15) is 18.4 Å². The van der Waals surface area contributed by atoms with E-state index in [9.17, 15) is 22.6 Å². The Morgan fingerprint density at radius 2 is 2.09 bits per heavy atom. The Hall–Kier alpha value is -2.64. The molecule has 0 aromatic carbocycles. The molecule has 1 N–H and O–H groups in total. The van der Waals surface area contributed by atoms with Crippen molar-refractivity contribution in [2.45, 2.75) is 62.3 Å². The summed E-state index contributed by atoms with van der Waals surface area (Å²) < 4.78 is 59.9. The van der Waals surface area contributed by atoms with Crippen molar-refractivity contribution in [3.05, 3.63) is 57.5 Å². The second-order valence-electron chi connectivity index (χ2n) is 8.80. The maximum Gasteiger partial charge on any atom is 0.407 e. The van der Waals surface area contributed by atoms with Gasteiger partial charge >= 0.3 is 6.18 Å². The first kappa shape index (κ1) is 22.2. The standard InChI is InChI=1S/C23H23F3N4O2S/c1-32-15-5-7-17-18(12-27)21(30(20(17)11-15)14-3-2-4-14)19-8-6-16(13-28-19)33(31)29-22(9-10-22)23(24,25)26/h5-7,11,13-14,20,29H,2-4,8-10H2,1H3. The molecule has 5 rings (SSSR count). The zero-order chi connectivity index (χ0) is 23.4. The molecule has 2 saturated carbocycles. The maximum absolute atomic E-state index is 13.2. The molecule has 2 fully saturated rings. The van der Waals surface area contributed by atoms with Crippen LogP contribution < -0.4 is 4.72 Å². The molecule has 0 radical (unpaired) electrons. The lowest BCUT2D eigenvalue weighted by atomic mass is 9.89. The van der Waals surface area contributed by atoms with E-state index >= 15 is 0 Å². The third-order valence-corrected chi connectivity index (χ3v) is 8.16. The minimum atomic E-state index is -4.44. The molecule has 10 heteroatoms. The number of nitrogens with one attached hydrogen (secondary N) is 1. The lowest BCUT2D eigenvalue weighted by Crippen LogP contribution is -2.46. The molecule has 2 heterocycles. The van der Waals surface area contributed by atoms with E-state index in [-0.39, 0.29) is 36.3 Å². The fraction of sp³-hybridized carbons (Fsp3) is 0.478. The van der Waals surface area contributed by atoms with Gasteiger partial charge in [-0.05, 0) is 49.8 Å². The molecule has 0 amide bonds. The molecule has 6 nitrogen and oxygen atoms in total. The van der Waals surface area contributed by atoms with Gasteiger partial charge in [0.2, 0.25) is 0 Å². The van der Waals surface area contributed by atoms with Crippen molar-refractivity contribution in [2.24, 2.45) is 4.99 Å². The van der Waals surface area contributed by atoms with Gasteiger partial charge in [0.1, 0.15) is 28.4 Å². The molecule has 2 unspecified atom stereocenters. The number of nitrogens with zero attached hydrogens (tertiary/aromatic N) is 3. The first-order valence-electron chi connectivity index (χ1n) is 10.9. The van der Waals surface area contributed by atoms with Crippen LogP contribution in [0.3, 0.4) is 0 Å². The highest BCUT2D eigenvalue weighted by Crippen LogP contribution is 2.49. The van der Waals surface area contributed by atoms with Gasteiger partial charge in [0.15, 0.2) is 0 Å². The van der Waals surface area contributed by atoms with E-state index in [0.717, 1.165) is 36.3 Å². The largest absolute Gasteiger partial charge is 0.497 e. The summed E-state index contributed by atoms with van der Waals surface area (Å²) >= 11 is 0. The summed E-state index contributed by atoms with van der Waals surface area (Å²) in [6, 6.07) is 2.49. The van der Waals surface area contributed by atoms with Gasteiger partial charge in [-0.1, -0.05) is 12.2 Å². The molecule has 0 bridgehead atoms. The van der Waals surface area contributed by atoms with Crippen molar-refractivity contribution < 1.29 is 22.1 Å². The van der Waals surface area contributed by atoms with E-state index in [1.165, 1.54) is 6.21 Å². The Bertz CT molecular complexity index is 1130. The molecular formula is C23H23F3N4O2S. The number of hydrogen-bond donors (Lipinski definition) is 1. The molecule has 3 aliphatic carbocycles. The van der Waals surface area contributed by atoms with E-state index in [4.69, 9.17) is 4.74 Å². The number of nitriles is 1. The average Bonchev–Trinajstić information content (AvgIpc) is 3.49. The predicted molar refractivity (Wildman–Crippen MR) is 118 cm³/mol. The summed E-state index contributed by atoms with van der Waals surface area (Å²) in [6.07, 6.45) is 7.55. The second-order valence-corrected chi connectivity index (χ2v) is 10.0. The van der Waals surface area contributed by atoms with Crippen LogP contribution in [0.5, 0.6) is 0 Å². The number of dihydropyridines is 1. The first-order valence-corrected chi connectivity index (χ1v) is 12.0. The smallest absolute Gasteiger partial charge is 0.407 e. The molecule has 174 valence electrons. The number of methoxy groups -OCH3 is 1. The monoisotopic (exact) mass is 476 g/mol. The van der Waals surface area contributed by atoms with Gasteiger partial charge in [0.25, 0.3) is 0 Å². The number of ether oxygens (including phenoxy) is 1. The van der Waals surface area contributed by atoms with Crippen molar-refractivity contribution in [1.29, 1.82) is 5.26 Å². The van der Waals surface area contributed by atoms with Crippen LogP contribution in [-0.4, -0.2) is 46.2 Å². The summed E-state index contributed by atoms with van der Waals surface area (Å²) in [4.78, 5) is 6.92. The number of fused-ring (bicyclic) bond motifs is 1. The van der Waals surface area contributed by atoms with E-state index in [1.54, 1.807) is 13.2 Å². The third-order valence-electron chi connectivity index (χ3n) is 6.88. The Balaban J connectivity index is 1.44. The second kappa shape index (κ2) is 7.99. The van der Waals surface area contributed by atoms with E-state index in [0.29, 0.717) is 11.3 Å². The summed E-state index contributed by atoms with van der Waals surface area (Å²) in [7, 11) is -0.411. The van der Waals surface area contributed by atoms with Crippen LogP contribution in [0.1, 0.15) is 38.5 Å². The van der Waals surface area contributed by atoms with Crippen molar-refractivity contribution in [3.8, 4) is 6.07 Å². The van der Waals surface area contributed by atoms with Crippen molar-refractivity contribution in [2.75, 3.05) is 7.11 Å². The highest BCUT2D eigenvalue weighted by atomic mass is 32.2. The van der Waals surface area contributed by atoms with Crippen LogP contribution in [0, 0.1) is 11.3 Å². The van der Waals surface area contributed by atoms with Gasteiger partial charge in [0, 0.05) is 18.7 Å². The minimum absolute atomic E-state index is 0.0801. The molecule has 0 spiro atoms. The molecule has 0 saturated heterocycles. The molecular weight excluding hydrogens is 453 g/mol. The average molecular weight is 477 g/mol. The fourth-order valence-corrected chi connectivity index (χ4v) is 5.77. The van der Waals surface area contributed by atoms with Crippen LogP contribution in [0.25, 0.3) is 0 Å². The Kier molecular flexibility index (Phi) is 5.37. The highest BCUT2D eigenvalue weighted by molar-refractivity contribution is 7.88. The molecule has 5 aliphatic rings. The van der Waals surface area contributed by atoms with Crippen molar-refractivity contribution >= 4 is 17.2 Å².